The number of benzene rings is 2. The molecule has 2 aromatic carbocycles. The van der Waals surface area contributed by atoms with Crippen LogP contribution in [0.4, 0.5) is 4.39 Å². The second-order valence-corrected chi connectivity index (χ2v) is 7.05. The van der Waals surface area contributed by atoms with Crippen LogP contribution in [0.1, 0.15) is 17.0 Å². The first-order valence-corrected chi connectivity index (χ1v) is 8.75. The van der Waals surface area contributed by atoms with Crippen molar-refractivity contribution in [2.24, 2.45) is 0 Å². The van der Waals surface area contributed by atoms with Crippen LogP contribution in [0.5, 0.6) is 0 Å². The highest BCUT2D eigenvalue weighted by Crippen LogP contribution is 2.23. The highest BCUT2D eigenvalue weighted by Gasteiger charge is 2.15. The third kappa shape index (κ3) is 3.74. The molecule has 0 saturated heterocycles. The number of amides is 1. The summed E-state index contributed by atoms with van der Waals surface area (Å²) in [7, 11) is 1.66. The fourth-order valence-corrected chi connectivity index (χ4v) is 3.63. The van der Waals surface area contributed by atoms with Crippen LogP contribution in [-0.4, -0.2) is 22.8 Å². The molecule has 0 saturated carbocycles. The molecule has 0 aliphatic carbocycles. The summed E-state index contributed by atoms with van der Waals surface area (Å²) in [6.45, 7) is 0.157. The molecule has 1 heterocycles. The summed E-state index contributed by atoms with van der Waals surface area (Å²) in [5.74, 6) is -0.457. The number of carbonyl (C=O) groups is 1. The van der Waals surface area contributed by atoms with Crippen molar-refractivity contribution in [2.75, 3.05) is 7.05 Å². The molecule has 3 rings (SSSR count). The summed E-state index contributed by atoms with van der Waals surface area (Å²) >= 11 is 7.61. The van der Waals surface area contributed by atoms with E-state index in [1.54, 1.807) is 30.5 Å². The lowest BCUT2D eigenvalue weighted by molar-refractivity contribution is -0.130. The molecular weight excluding hydrogens is 347 g/mol. The molecule has 24 heavy (non-hydrogen) atoms. The number of rotatable bonds is 5. The Morgan fingerprint density at radius 2 is 2.04 bits per heavy atom. The number of fused-ring (bicyclic) bond motifs is 1. The Balaban J connectivity index is 1.62. The zero-order chi connectivity index (χ0) is 17.1. The Bertz CT molecular complexity index is 827. The number of aromatic nitrogens is 1. The number of hydrogen-bond acceptors (Lipinski definition) is 3. The van der Waals surface area contributed by atoms with Gasteiger partial charge in [0.1, 0.15) is 5.82 Å². The maximum atomic E-state index is 13.8. The third-order valence-electron chi connectivity index (χ3n) is 3.77. The van der Waals surface area contributed by atoms with Gasteiger partial charge in [-0.2, -0.15) is 0 Å². The molecule has 1 amide bonds. The fourth-order valence-electron chi connectivity index (χ4n) is 2.44. The van der Waals surface area contributed by atoms with Crippen LogP contribution < -0.4 is 0 Å². The topological polar surface area (TPSA) is 33.2 Å². The second-order valence-electron chi connectivity index (χ2n) is 5.53. The first-order valence-electron chi connectivity index (χ1n) is 7.56. The van der Waals surface area contributed by atoms with Crippen molar-refractivity contribution >= 4 is 39.1 Å². The van der Waals surface area contributed by atoms with Crippen LogP contribution in [0.25, 0.3) is 10.2 Å². The summed E-state index contributed by atoms with van der Waals surface area (Å²) in [6.07, 6.45) is 0.913. The van der Waals surface area contributed by atoms with E-state index in [1.807, 2.05) is 24.3 Å². The summed E-state index contributed by atoms with van der Waals surface area (Å²) in [5.41, 5.74) is 1.30. The van der Waals surface area contributed by atoms with Gasteiger partial charge < -0.3 is 4.90 Å². The lowest BCUT2D eigenvalue weighted by atomic mass is 10.2. The minimum Gasteiger partial charge on any atom is -0.341 e. The van der Waals surface area contributed by atoms with E-state index in [4.69, 9.17) is 11.6 Å². The highest BCUT2D eigenvalue weighted by atomic mass is 35.5. The molecule has 0 spiro atoms. The van der Waals surface area contributed by atoms with E-state index >= 15 is 0 Å². The van der Waals surface area contributed by atoms with E-state index in [-0.39, 0.29) is 12.5 Å². The normalized spacial score (nSPS) is 11.0. The average Bonchev–Trinajstić information content (AvgIpc) is 2.99. The van der Waals surface area contributed by atoms with Crippen LogP contribution in [0.3, 0.4) is 0 Å². The Morgan fingerprint density at radius 3 is 2.79 bits per heavy atom. The SMILES string of the molecule is CN(Cc1c(F)cccc1Cl)C(=O)CCc1nc2ccccc2s1. The average molecular weight is 363 g/mol. The molecule has 0 radical (unpaired) electrons. The molecule has 0 aliphatic rings. The van der Waals surface area contributed by atoms with E-state index in [2.05, 4.69) is 4.98 Å². The quantitative estimate of drug-likeness (QED) is 0.660. The largest absolute Gasteiger partial charge is 0.341 e. The molecule has 0 unspecified atom stereocenters. The third-order valence-corrected chi connectivity index (χ3v) is 5.22. The maximum Gasteiger partial charge on any atom is 0.223 e. The molecule has 0 bridgehead atoms. The fraction of sp³-hybridized carbons (Fsp3) is 0.222. The zero-order valence-corrected chi connectivity index (χ0v) is 14.7. The van der Waals surface area contributed by atoms with E-state index in [1.165, 1.54) is 11.0 Å². The standard InChI is InChI=1S/C18H16ClFN2OS/c1-22(11-12-13(19)5-4-6-14(12)20)18(23)10-9-17-21-15-7-2-3-8-16(15)24-17/h2-8H,9-11H2,1H3. The number of aryl methyl sites for hydroxylation is 1. The van der Waals surface area contributed by atoms with Crippen LogP contribution >= 0.6 is 22.9 Å². The molecule has 3 aromatic rings. The summed E-state index contributed by atoms with van der Waals surface area (Å²) in [6, 6.07) is 12.4. The molecule has 3 nitrogen and oxygen atoms in total. The van der Waals surface area contributed by atoms with Gasteiger partial charge >= 0.3 is 0 Å². The Hall–Kier alpha value is -1.98. The summed E-state index contributed by atoms with van der Waals surface area (Å²) in [4.78, 5) is 18.3. The van der Waals surface area contributed by atoms with Gasteiger partial charge in [0.15, 0.2) is 0 Å². The minimum absolute atomic E-state index is 0.0615. The zero-order valence-electron chi connectivity index (χ0n) is 13.1. The van der Waals surface area contributed by atoms with Gasteiger partial charge in [-0.15, -0.1) is 11.3 Å². The smallest absolute Gasteiger partial charge is 0.223 e. The minimum atomic E-state index is -0.395. The molecule has 0 aliphatic heterocycles. The number of halogens is 2. The molecule has 0 fully saturated rings. The number of nitrogens with zero attached hydrogens (tertiary/aromatic N) is 2. The van der Waals surface area contributed by atoms with Gasteiger partial charge in [-0.25, -0.2) is 9.37 Å². The molecule has 1 aromatic heterocycles. The lowest BCUT2D eigenvalue weighted by Gasteiger charge is -2.18. The van der Waals surface area contributed by atoms with Gasteiger partial charge in [-0.3, -0.25) is 4.79 Å². The lowest BCUT2D eigenvalue weighted by Crippen LogP contribution is -2.27. The van der Waals surface area contributed by atoms with Crippen molar-refractivity contribution < 1.29 is 9.18 Å². The molecule has 6 heteroatoms. The number of carbonyl (C=O) groups excluding carboxylic acids is 1. The monoisotopic (exact) mass is 362 g/mol. The molecular formula is C18H16ClFN2OS. The van der Waals surface area contributed by atoms with Gasteiger partial charge in [0, 0.05) is 37.0 Å². The molecule has 0 N–H and O–H groups in total. The van der Waals surface area contributed by atoms with Crippen molar-refractivity contribution in [3.63, 3.8) is 0 Å². The predicted octanol–water partition coefficient (Wildman–Crippen LogP) is 4.68. The van der Waals surface area contributed by atoms with Gasteiger partial charge in [0.2, 0.25) is 5.91 Å². The first-order chi connectivity index (χ1) is 11.5. The Labute approximate surface area is 148 Å². The van der Waals surface area contributed by atoms with Crippen molar-refractivity contribution in [2.45, 2.75) is 19.4 Å². The van der Waals surface area contributed by atoms with E-state index < -0.39 is 5.82 Å². The van der Waals surface area contributed by atoms with Crippen LogP contribution in [-0.2, 0) is 17.8 Å². The highest BCUT2D eigenvalue weighted by molar-refractivity contribution is 7.18. The van der Waals surface area contributed by atoms with Crippen molar-refractivity contribution in [1.29, 1.82) is 0 Å². The molecule has 0 atom stereocenters. The number of thiazole rings is 1. The summed E-state index contributed by atoms with van der Waals surface area (Å²) in [5, 5.41) is 1.27. The van der Waals surface area contributed by atoms with Crippen molar-refractivity contribution in [3.8, 4) is 0 Å². The summed E-state index contributed by atoms with van der Waals surface area (Å²) < 4.78 is 14.9. The van der Waals surface area contributed by atoms with E-state index in [9.17, 15) is 9.18 Å². The van der Waals surface area contributed by atoms with Crippen molar-refractivity contribution in [1.82, 2.24) is 9.88 Å². The Kier molecular flexibility index (Phi) is 5.11. The van der Waals surface area contributed by atoms with E-state index in [0.717, 1.165) is 15.2 Å². The number of hydrogen-bond donors (Lipinski definition) is 0. The number of para-hydroxylation sites is 1. The van der Waals surface area contributed by atoms with Crippen LogP contribution in [0.2, 0.25) is 5.02 Å². The van der Waals surface area contributed by atoms with Crippen molar-refractivity contribution in [3.05, 3.63) is 63.9 Å². The Morgan fingerprint density at radius 1 is 1.25 bits per heavy atom. The van der Waals surface area contributed by atoms with Crippen LogP contribution in [0, 0.1) is 5.82 Å². The second kappa shape index (κ2) is 7.28. The maximum absolute atomic E-state index is 13.8. The van der Waals surface area contributed by atoms with Gasteiger partial charge in [0.25, 0.3) is 0 Å². The first kappa shape index (κ1) is 16.9. The van der Waals surface area contributed by atoms with Gasteiger partial charge in [-0.1, -0.05) is 29.8 Å². The van der Waals surface area contributed by atoms with E-state index in [0.29, 0.717) is 23.4 Å². The van der Waals surface area contributed by atoms with Crippen LogP contribution in [0.15, 0.2) is 42.5 Å². The predicted molar refractivity (Wildman–Crippen MR) is 95.8 cm³/mol. The molecule has 124 valence electrons. The van der Waals surface area contributed by atoms with Gasteiger partial charge in [0.05, 0.1) is 15.2 Å². The van der Waals surface area contributed by atoms with Gasteiger partial charge in [-0.05, 0) is 24.3 Å².